The summed E-state index contributed by atoms with van der Waals surface area (Å²) in [6, 6.07) is 9.83. The fraction of sp³-hybridized carbons (Fsp3) is 0.182. The molecule has 0 bridgehead atoms. The molecular weight excluding hydrogens is 178 g/mol. The van der Waals surface area contributed by atoms with E-state index in [1.54, 1.807) is 4.57 Å². The summed E-state index contributed by atoms with van der Waals surface area (Å²) >= 11 is 0. The smallest absolute Gasteiger partial charge is 0.416 e. The molecule has 1 aromatic carbocycles. The lowest BCUT2D eigenvalue weighted by Crippen LogP contribution is -2.16. The van der Waals surface area contributed by atoms with Crippen LogP contribution >= 0.6 is 0 Å². The zero-order valence-corrected chi connectivity index (χ0v) is 7.93. The zero-order chi connectivity index (χ0) is 9.97. The Kier molecular flexibility index (Phi) is 2.23. The minimum Gasteiger partial charge on any atom is -0.416 e. The summed E-state index contributed by atoms with van der Waals surface area (Å²) in [7, 11) is 0. The number of oxazole rings is 1. The lowest BCUT2D eigenvalue weighted by molar-refractivity contribution is 0.487. The molecule has 0 fully saturated rings. The van der Waals surface area contributed by atoms with Gasteiger partial charge >= 0.3 is 5.76 Å². The van der Waals surface area contributed by atoms with E-state index in [4.69, 9.17) is 4.42 Å². The molecule has 14 heavy (non-hydrogen) atoms. The van der Waals surface area contributed by atoms with E-state index in [-0.39, 0.29) is 5.76 Å². The number of rotatable bonds is 2. The highest BCUT2D eigenvalue weighted by atomic mass is 16.4. The van der Waals surface area contributed by atoms with Crippen molar-refractivity contribution in [1.29, 1.82) is 0 Å². The molecule has 2 aromatic rings. The summed E-state index contributed by atoms with van der Waals surface area (Å²) in [5.41, 5.74) is 1.94. The van der Waals surface area contributed by atoms with Crippen molar-refractivity contribution in [2.24, 2.45) is 0 Å². The summed E-state index contributed by atoms with van der Waals surface area (Å²) in [6.45, 7) is 2.43. The molecule has 1 heterocycles. The molecule has 0 spiro atoms. The first-order valence-electron chi connectivity index (χ1n) is 4.46. The monoisotopic (exact) mass is 189 g/mol. The van der Waals surface area contributed by atoms with Gasteiger partial charge in [-0.1, -0.05) is 30.3 Å². The third-order valence-electron chi connectivity index (χ3n) is 2.16. The molecule has 0 atom stereocenters. The number of benzene rings is 1. The van der Waals surface area contributed by atoms with E-state index < -0.39 is 0 Å². The average Bonchev–Trinajstić information content (AvgIpc) is 2.51. The van der Waals surface area contributed by atoms with Gasteiger partial charge in [0, 0.05) is 0 Å². The van der Waals surface area contributed by atoms with Crippen LogP contribution in [0.15, 0.2) is 45.8 Å². The maximum atomic E-state index is 11.2. The van der Waals surface area contributed by atoms with Crippen LogP contribution in [-0.4, -0.2) is 4.57 Å². The van der Waals surface area contributed by atoms with E-state index in [0.29, 0.717) is 6.54 Å². The molecule has 0 saturated carbocycles. The predicted octanol–water partition coefficient (Wildman–Crippen LogP) is 1.80. The molecule has 3 nitrogen and oxygen atoms in total. The van der Waals surface area contributed by atoms with E-state index >= 15 is 0 Å². The van der Waals surface area contributed by atoms with E-state index in [9.17, 15) is 4.79 Å². The maximum absolute atomic E-state index is 11.2. The van der Waals surface area contributed by atoms with Crippen molar-refractivity contribution in [2.75, 3.05) is 0 Å². The third kappa shape index (κ3) is 1.62. The molecule has 0 aliphatic heterocycles. The Hall–Kier alpha value is -1.77. The Labute approximate surface area is 81.6 Å². The van der Waals surface area contributed by atoms with Gasteiger partial charge in [0.05, 0.1) is 12.2 Å². The SMILES string of the molecule is Cc1coc(=O)n1Cc1ccccc1. The Morgan fingerprint density at radius 3 is 2.57 bits per heavy atom. The van der Waals surface area contributed by atoms with Crippen molar-refractivity contribution in [2.45, 2.75) is 13.5 Å². The molecule has 3 heteroatoms. The molecule has 1 aromatic heterocycles. The normalized spacial score (nSPS) is 10.4. The Bertz CT molecular complexity index is 468. The zero-order valence-electron chi connectivity index (χ0n) is 7.93. The molecule has 0 saturated heterocycles. The molecule has 0 aliphatic rings. The summed E-state index contributed by atoms with van der Waals surface area (Å²) < 4.78 is 6.38. The minimum absolute atomic E-state index is 0.300. The number of aryl methyl sites for hydroxylation is 1. The standard InChI is InChI=1S/C11H11NO2/c1-9-8-14-11(13)12(9)7-10-5-3-2-4-6-10/h2-6,8H,7H2,1H3. The van der Waals surface area contributed by atoms with Gasteiger partial charge in [-0.15, -0.1) is 0 Å². The van der Waals surface area contributed by atoms with Gasteiger partial charge in [-0.25, -0.2) is 4.79 Å². The van der Waals surface area contributed by atoms with Gasteiger partial charge in [-0.05, 0) is 12.5 Å². The Morgan fingerprint density at radius 1 is 1.29 bits per heavy atom. The second-order valence-corrected chi connectivity index (χ2v) is 3.21. The summed E-state index contributed by atoms with van der Waals surface area (Å²) in [4.78, 5) is 11.2. The van der Waals surface area contributed by atoms with E-state index in [1.165, 1.54) is 6.26 Å². The van der Waals surface area contributed by atoms with Gasteiger partial charge in [0.1, 0.15) is 6.26 Å². The second kappa shape index (κ2) is 3.54. The molecular formula is C11H11NO2. The maximum Gasteiger partial charge on any atom is 0.419 e. The first-order chi connectivity index (χ1) is 6.77. The Balaban J connectivity index is 2.32. The van der Waals surface area contributed by atoms with Gasteiger partial charge in [-0.2, -0.15) is 0 Å². The number of hydrogen-bond donors (Lipinski definition) is 0. The number of hydrogen-bond acceptors (Lipinski definition) is 2. The van der Waals surface area contributed by atoms with Crippen LogP contribution in [0.2, 0.25) is 0 Å². The predicted molar refractivity (Wildman–Crippen MR) is 53.2 cm³/mol. The summed E-state index contributed by atoms with van der Waals surface area (Å²) in [5.74, 6) is -0.300. The van der Waals surface area contributed by atoms with Crippen LogP contribution in [0, 0.1) is 6.92 Å². The van der Waals surface area contributed by atoms with Gasteiger partial charge < -0.3 is 4.42 Å². The molecule has 0 amide bonds. The van der Waals surface area contributed by atoms with Gasteiger partial charge in [0.25, 0.3) is 0 Å². The number of aromatic nitrogens is 1. The lowest BCUT2D eigenvalue weighted by atomic mass is 10.2. The van der Waals surface area contributed by atoms with Crippen LogP contribution in [0.1, 0.15) is 11.3 Å². The van der Waals surface area contributed by atoms with Crippen LogP contribution in [-0.2, 0) is 6.54 Å². The number of nitrogens with zero attached hydrogens (tertiary/aromatic N) is 1. The average molecular weight is 189 g/mol. The van der Waals surface area contributed by atoms with E-state index in [0.717, 1.165) is 11.3 Å². The van der Waals surface area contributed by atoms with E-state index in [1.807, 2.05) is 37.3 Å². The largest absolute Gasteiger partial charge is 0.419 e. The fourth-order valence-corrected chi connectivity index (χ4v) is 1.36. The van der Waals surface area contributed by atoms with Crippen LogP contribution in [0.5, 0.6) is 0 Å². The summed E-state index contributed by atoms with van der Waals surface area (Å²) in [5, 5.41) is 0. The first kappa shape index (κ1) is 8.81. The second-order valence-electron chi connectivity index (χ2n) is 3.21. The van der Waals surface area contributed by atoms with Crippen LogP contribution < -0.4 is 5.76 Å². The van der Waals surface area contributed by atoms with Crippen molar-refractivity contribution in [3.05, 3.63) is 58.4 Å². The minimum atomic E-state index is -0.300. The first-order valence-corrected chi connectivity index (χ1v) is 4.46. The van der Waals surface area contributed by atoms with Gasteiger partial charge in [-0.3, -0.25) is 4.57 Å². The highest BCUT2D eigenvalue weighted by Gasteiger charge is 2.03. The third-order valence-corrected chi connectivity index (χ3v) is 2.16. The Morgan fingerprint density at radius 2 is 2.00 bits per heavy atom. The highest BCUT2D eigenvalue weighted by molar-refractivity contribution is 5.15. The van der Waals surface area contributed by atoms with Crippen molar-refractivity contribution < 1.29 is 4.42 Å². The molecule has 0 unspecified atom stereocenters. The van der Waals surface area contributed by atoms with E-state index in [2.05, 4.69) is 0 Å². The quantitative estimate of drug-likeness (QED) is 0.722. The van der Waals surface area contributed by atoms with Crippen LogP contribution in [0.3, 0.4) is 0 Å². The fourth-order valence-electron chi connectivity index (χ4n) is 1.36. The van der Waals surface area contributed by atoms with Crippen molar-refractivity contribution in [3.63, 3.8) is 0 Å². The van der Waals surface area contributed by atoms with Crippen molar-refractivity contribution in [3.8, 4) is 0 Å². The molecule has 72 valence electrons. The highest BCUT2D eigenvalue weighted by Crippen LogP contribution is 2.03. The van der Waals surface area contributed by atoms with Crippen LogP contribution in [0.25, 0.3) is 0 Å². The van der Waals surface area contributed by atoms with Gasteiger partial charge in [0.15, 0.2) is 0 Å². The molecule has 2 rings (SSSR count). The van der Waals surface area contributed by atoms with Crippen molar-refractivity contribution >= 4 is 0 Å². The molecule has 0 radical (unpaired) electrons. The van der Waals surface area contributed by atoms with Crippen LogP contribution in [0.4, 0.5) is 0 Å². The lowest BCUT2D eigenvalue weighted by Gasteiger charge is -2.01. The molecule has 0 N–H and O–H groups in total. The van der Waals surface area contributed by atoms with Gasteiger partial charge in [0.2, 0.25) is 0 Å². The van der Waals surface area contributed by atoms with Crippen molar-refractivity contribution in [1.82, 2.24) is 4.57 Å². The molecule has 0 aliphatic carbocycles. The summed E-state index contributed by atoms with van der Waals surface area (Å²) in [6.07, 6.45) is 1.48. The topological polar surface area (TPSA) is 35.1 Å².